The van der Waals surface area contributed by atoms with E-state index in [1.807, 2.05) is 6.07 Å². The first kappa shape index (κ1) is 25.3. The van der Waals surface area contributed by atoms with Crippen LogP contribution in [0.5, 0.6) is 5.88 Å². The third-order valence-corrected chi connectivity index (χ3v) is 3.49. The van der Waals surface area contributed by atoms with Crippen molar-refractivity contribution >= 4 is 42.3 Å². The summed E-state index contributed by atoms with van der Waals surface area (Å²) in [5.74, 6) is -0.544. The van der Waals surface area contributed by atoms with E-state index < -0.39 is 23.7 Å². The Labute approximate surface area is 171 Å². The molecule has 2 rings (SSSR count). The number of nitrogens with two attached hydrogens (primary N) is 1. The number of hydrogen-bond donors (Lipinski definition) is 2. The van der Waals surface area contributed by atoms with Crippen molar-refractivity contribution in [2.24, 2.45) is 5.73 Å². The minimum absolute atomic E-state index is 0. The van der Waals surface area contributed by atoms with Gasteiger partial charge in [0.25, 0.3) is 0 Å². The van der Waals surface area contributed by atoms with Crippen molar-refractivity contribution in [1.29, 1.82) is 0 Å². The molecule has 1 amide bonds. The molecule has 1 atom stereocenters. The van der Waals surface area contributed by atoms with Crippen molar-refractivity contribution in [3.63, 3.8) is 0 Å². The van der Waals surface area contributed by atoms with Gasteiger partial charge in [0.1, 0.15) is 17.7 Å². The van der Waals surface area contributed by atoms with Crippen LogP contribution in [-0.4, -0.2) is 24.0 Å². The predicted molar refractivity (Wildman–Crippen MR) is 101 cm³/mol. The second kappa shape index (κ2) is 11.2. The Morgan fingerprint density at radius 1 is 1.26 bits per heavy atom. The van der Waals surface area contributed by atoms with E-state index in [4.69, 9.17) is 22.1 Å². The van der Waals surface area contributed by atoms with Crippen molar-refractivity contribution in [3.8, 4) is 5.88 Å². The van der Waals surface area contributed by atoms with Gasteiger partial charge in [-0.3, -0.25) is 4.79 Å². The predicted octanol–water partition coefficient (Wildman–Crippen LogP) is 3.79. The summed E-state index contributed by atoms with van der Waals surface area (Å²) in [5.41, 5.74) is 5.52. The minimum atomic E-state index is -4.53. The number of pyridine rings is 1. The number of nitrogens with zero attached hydrogens (tertiary/aromatic N) is 1. The number of nitrogens with one attached hydrogen (secondary N) is 1. The number of benzene rings is 1. The fourth-order valence-electron chi connectivity index (χ4n) is 1.93. The number of carbonyl (C=O) groups excluding carboxylic acids is 1. The first-order valence-corrected chi connectivity index (χ1v) is 7.60. The molecular weight excluding hydrogens is 430 g/mol. The molecule has 0 saturated heterocycles. The van der Waals surface area contributed by atoms with Crippen LogP contribution in [0.3, 0.4) is 0 Å². The highest BCUT2D eigenvalue weighted by Gasteiger charge is 2.31. The first-order chi connectivity index (χ1) is 11.8. The second-order valence-corrected chi connectivity index (χ2v) is 5.44. The van der Waals surface area contributed by atoms with Crippen LogP contribution < -0.4 is 15.8 Å². The maximum Gasteiger partial charge on any atom is 0.417 e. The molecule has 0 aliphatic rings. The van der Waals surface area contributed by atoms with Gasteiger partial charge in [0.05, 0.1) is 12.1 Å². The molecule has 11 heteroatoms. The molecular formula is C16H17Cl3F3N3O2. The van der Waals surface area contributed by atoms with Gasteiger partial charge < -0.3 is 15.8 Å². The topological polar surface area (TPSA) is 77.2 Å². The number of carbonyl (C=O) groups is 1. The van der Waals surface area contributed by atoms with Crippen LogP contribution in [0.1, 0.15) is 17.2 Å². The fourth-order valence-corrected chi connectivity index (χ4v) is 2.15. The summed E-state index contributed by atoms with van der Waals surface area (Å²) in [4.78, 5) is 15.5. The summed E-state index contributed by atoms with van der Waals surface area (Å²) in [6.07, 6.45) is -3.90. The molecule has 1 aromatic heterocycles. The molecule has 0 fully saturated rings. The van der Waals surface area contributed by atoms with Crippen LogP contribution in [0.25, 0.3) is 0 Å². The highest BCUT2D eigenvalue weighted by molar-refractivity contribution is 6.31. The Kier molecular flexibility index (Phi) is 10.5. The van der Waals surface area contributed by atoms with Gasteiger partial charge in [-0.2, -0.15) is 13.2 Å². The molecule has 1 aromatic carbocycles. The lowest BCUT2D eigenvalue weighted by atomic mass is 10.1. The highest BCUT2D eigenvalue weighted by Crippen LogP contribution is 2.32. The molecule has 0 aliphatic carbocycles. The molecule has 0 spiro atoms. The Morgan fingerprint density at radius 2 is 1.89 bits per heavy atom. The lowest BCUT2D eigenvalue weighted by molar-refractivity contribution is -0.137. The van der Waals surface area contributed by atoms with E-state index in [1.54, 1.807) is 24.3 Å². The van der Waals surface area contributed by atoms with Crippen molar-refractivity contribution < 1.29 is 22.7 Å². The molecule has 1 unspecified atom stereocenters. The maximum absolute atomic E-state index is 12.5. The van der Waals surface area contributed by atoms with Gasteiger partial charge in [-0.15, -0.1) is 24.8 Å². The molecule has 0 bridgehead atoms. The number of amides is 1. The number of rotatable bonds is 6. The van der Waals surface area contributed by atoms with E-state index >= 15 is 0 Å². The van der Waals surface area contributed by atoms with Crippen molar-refractivity contribution in [1.82, 2.24) is 10.3 Å². The van der Waals surface area contributed by atoms with Gasteiger partial charge in [0.2, 0.25) is 11.8 Å². The molecule has 27 heavy (non-hydrogen) atoms. The van der Waals surface area contributed by atoms with E-state index in [0.29, 0.717) is 11.8 Å². The number of halogens is 6. The van der Waals surface area contributed by atoms with Crippen LogP contribution in [0, 0.1) is 0 Å². The summed E-state index contributed by atoms with van der Waals surface area (Å²) in [5, 5.41) is 2.30. The van der Waals surface area contributed by atoms with Gasteiger partial charge in [-0.25, -0.2) is 4.98 Å². The van der Waals surface area contributed by atoms with E-state index in [-0.39, 0.29) is 48.9 Å². The van der Waals surface area contributed by atoms with Crippen LogP contribution in [-0.2, 0) is 11.0 Å². The highest BCUT2D eigenvalue weighted by atomic mass is 35.5. The number of ether oxygens (including phenoxy) is 1. The molecule has 2 aromatic rings. The number of hydrogen-bond acceptors (Lipinski definition) is 4. The minimum Gasteiger partial charge on any atom is -0.475 e. The van der Waals surface area contributed by atoms with E-state index in [1.165, 1.54) is 0 Å². The maximum atomic E-state index is 12.5. The average molecular weight is 447 g/mol. The number of aromatic nitrogens is 1. The SMILES string of the molecule is Cl.Cl.NC(C(=O)NCCOc1ncc(C(F)(F)F)cc1Cl)c1ccccc1. The molecule has 0 saturated carbocycles. The fraction of sp³-hybridized carbons (Fsp3) is 0.250. The van der Waals surface area contributed by atoms with Crippen molar-refractivity contribution in [2.45, 2.75) is 12.2 Å². The van der Waals surface area contributed by atoms with Crippen LogP contribution in [0.2, 0.25) is 5.02 Å². The third kappa shape index (κ3) is 7.42. The normalized spacial score (nSPS) is 11.6. The summed E-state index contributed by atoms with van der Waals surface area (Å²) >= 11 is 5.71. The quantitative estimate of drug-likeness (QED) is 0.662. The molecule has 1 heterocycles. The Bertz CT molecular complexity index is 734. The van der Waals surface area contributed by atoms with Gasteiger partial charge >= 0.3 is 6.18 Å². The monoisotopic (exact) mass is 445 g/mol. The number of alkyl halides is 3. The van der Waals surface area contributed by atoms with E-state index in [2.05, 4.69) is 10.3 Å². The van der Waals surface area contributed by atoms with E-state index in [0.717, 1.165) is 6.07 Å². The Balaban J connectivity index is 0.00000338. The lowest BCUT2D eigenvalue weighted by Gasteiger charge is -2.13. The zero-order valence-electron chi connectivity index (χ0n) is 13.7. The van der Waals surface area contributed by atoms with Crippen LogP contribution >= 0.6 is 36.4 Å². The largest absolute Gasteiger partial charge is 0.475 e. The van der Waals surface area contributed by atoms with E-state index in [9.17, 15) is 18.0 Å². The van der Waals surface area contributed by atoms with Crippen molar-refractivity contribution in [3.05, 3.63) is 58.7 Å². The standard InChI is InChI=1S/C16H15ClF3N3O2.2ClH/c17-12-8-11(16(18,19)20)9-23-15(12)25-7-6-22-14(24)13(21)10-4-2-1-3-5-10;;/h1-5,8-9,13H,6-7,21H2,(H,22,24);2*1H. The first-order valence-electron chi connectivity index (χ1n) is 7.23. The molecule has 0 aliphatic heterocycles. The van der Waals surface area contributed by atoms with Crippen LogP contribution in [0.15, 0.2) is 42.6 Å². The Hall–Kier alpha value is -1.74. The summed E-state index contributed by atoms with van der Waals surface area (Å²) in [6, 6.07) is 8.71. The zero-order valence-corrected chi connectivity index (χ0v) is 16.1. The van der Waals surface area contributed by atoms with Gasteiger partial charge in [-0.1, -0.05) is 41.9 Å². The van der Waals surface area contributed by atoms with Gasteiger partial charge in [0.15, 0.2) is 0 Å². The molecule has 0 radical (unpaired) electrons. The van der Waals surface area contributed by atoms with Gasteiger partial charge in [-0.05, 0) is 11.6 Å². The van der Waals surface area contributed by atoms with Gasteiger partial charge in [0, 0.05) is 6.20 Å². The van der Waals surface area contributed by atoms with Crippen LogP contribution in [0.4, 0.5) is 13.2 Å². The lowest BCUT2D eigenvalue weighted by Crippen LogP contribution is -2.36. The summed E-state index contributed by atoms with van der Waals surface area (Å²) in [6.45, 7) is 0.0731. The third-order valence-electron chi connectivity index (χ3n) is 3.22. The Morgan fingerprint density at radius 3 is 2.44 bits per heavy atom. The summed E-state index contributed by atoms with van der Waals surface area (Å²) < 4.78 is 42.7. The molecule has 3 N–H and O–H groups in total. The molecule has 5 nitrogen and oxygen atoms in total. The zero-order chi connectivity index (χ0) is 18.4. The smallest absolute Gasteiger partial charge is 0.417 e. The summed E-state index contributed by atoms with van der Waals surface area (Å²) in [7, 11) is 0. The average Bonchev–Trinajstić information content (AvgIpc) is 2.58. The second-order valence-electron chi connectivity index (χ2n) is 5.04. The van der Waals surface area contributed by atoms with Crippen molar-refractivity contribution in [2.75, 3.05) is 13.2 Å². The molecule has 150 valence electrons.